The van der Waals surface area contributed by atoms with E-state index in [9.17, 15) is 4.39 Å². The van der Waals surface area contributed by atoms with Crippen LogP contribution in [0.25, 0.3) is 11.0 Å². The lowest BCUT2D eigenvalue weighted by Crippen LogP contribution is -2.06. The van der Waals surface area contributed by atoms with Crippen LogP contribution < -0.4 is 0 Å². The van der Waals surface area contributed by atoms with Gasteiger partial charge in [0.05, 0.1) is 17.1 Å². The summed E-state index contributed by atoms with van der Waals surface area (Å²) >= 11 is 8.87. The molecule has 0 aliphatic heterocycles. The van der Waals surface area contributed by atoms with Crippen LogP contribution in [-0.4, -0.2) is 9.55 Å². The van der Waals surface area contributed by atoms with E-state index in [2.05, 4.69) is 27.8 Å². The molecule has 0 radical (unpaired) electrons. The SMILES string of the molecule is CC(c1ccc(F)cc1)n1c(=S)[nH]c2cc(Br)ccc21. The zero-order valence-corrected chi connectivity index (χ0v) is 13.1. The van der Waals surface area contributed by atoms with Gasteiger partial charge >= 0.3 is 0 Å². The Bertz CT molecular complexity index is 820. The molecular weight excluding hydrogens is 339 g/mol. The number of nitrogens with zero attached hydrogens (tertiary/aromatic N) is 1. The molecule has 1 N–H and O–H groups in total. The quantitative estimate of drug-likeness (QED) is 0.629. The fraction of sp³-hybridized carbons (Fsp3) is 0.133. The third-order valence-electron chi connectivity index (χ3n) is 3.42. The van der Waals surface area contributed by atoms with Crippen molar-refractivity contribution in [3.8, 4) is 0 Å². The fourth-order valence-corrected chi connectivity index (χ4v) is 3.11. The number of benzene rings is 2. The van der Waals surface area contributed by atoms with Crippen LogP contribution in [0.4, 0.5) is 4.39 Å². The maximum atomic E-state index is 13.0. The molecule has 2 aromatic carbocycles. The lowest BCUT2D eigenvalue weighted by Gasteiger charge is -2.15. The molecule has 5 heteroatoms. The van der Waals surface area contributed by atoms with Gasteiger partial charge in [-0.1, -0.05) is 28.1 Å². The van der Waals surface area contributed by atoms with Crippen LogP contribution in [0.2, 0.25) is 0 Å². The van der Waals surface area contributed by atoms with Crippen LogP contribution in [0.3, 0.4) is 0 Å². The molecule has 0 spiro atoms. The summed E-state index contributed by atoms with van der Waals surface area (Å²) in [4.78, 5) is 3.20. The van der Waals surface area contributed by atoms with Gasteiger partial charge in [0.2, 0.25) is 0 Å². The molecule has 1 atom stereocenters. The Labute approximate surface area is 129 Å². The number of nitrogens with one attached hydrogen (secondary N) is 1. The van der Waals surface area contributed by atoms with E-state index in [4.69, 9.17) is 12.2 Å². The number of rotatable bonds is 2. The molecule has 102 valence electrons. The van der Waals surface area contributed by atoms with Crippen LogP contribution in [0.5, 0.6) is 0 Å². The minimum absolute atomic E-state index is 0.0398. The molecule has 3 rings (SSSR count). The van der Waals surface area contributed by atoms with Crippen LogP contribution in [-0.2, 0) is 0 Å². The largest absolute Gasteiger partial charge is 0.331 e. The lowest BCUT2D eigenvalue weighted by molar-refractivity contribution is 0.618. The van der Waals surface area contributed by atoms with Crippen molar-refractivity contribution >= 4 is 39.2 Å². The van der Waals surface area contributed by atoms with Crippen molar-refractivity contribution in [2.75, 3.05) is 0 Å². The zero-order chi connectivity index (χ0) is 14.3. The van der Waals surface area contributed by atoms with E-state index < -0.39 is 0 Å². The molecule has 1 aromatic heterocycles. The number of imidazole rings is 1. The average Bonchev–Trinajstić information content (AvgIpc) is 2.73. The predicted molar refractivity (Wildman–Crippen MR) is 85.0 cm³/mol. The van der Waals surface area contributed by atoms with Gasteiger partial charge in [-0.15, -0.1) is 0 Å². The molecule has 0 fully saturated rings. The van der Waals surface area contributed by atoms with Gasteiger partial charge in [-0.05, 0) is 55.0 Å². The Balaban J connectivity index is 2.16. The average molecular weight is 351 g/mol. The number of hydrogen-bond acceptors (Lipinski definition) is 1. The minimum Gasteiger partial charge on any atom is -0.331 e. The molecule has 0 saturated heterocycles. The summed E-state index contributed by atoms with van der Waals surface area (Å²) in [6, 6.07) is 12.6. The van der Waals surface area contributed by atoms with Crippen molar-refractivity contribution in [1.82, 2.24) is 9.55 Å². The van der Waals surface area contributed by atoms with Gasteiger partial charge in [0, 0.05) is 4.47 Å². The Kier molecular flexibility index (Phi) is 3.48. The first-order valence-corrected chi connectivity index (χ1v) is 7.41. The van der Waals surface area contributed by atoms with Crippen molar-refractivity contribution in [3.63, 3.8) is 0 Å². The fourth-order valence-electron chi connectivity index (χ4n) is 2.38. The molecular formula is C15H12BrFN2S. The predicted octanol–water partition coefficient (Wildman–Crippen LogP) is 5.21. The van der Waals surface area contributed by atoms with Gasteiger partial charge in [-0.3, -0.25) is 0 Å². The van der Waals surface area contributed by atoms with Crippen LogP contribution in [0.15, 0.2) is 46.9 Å². The highest BCUT2D eigenvalue weighted by Gasteiger charge is 2.13. The Morgan fingerprint density at radius 2 is 1.90 bits per heavy atom. The van der Waals surface area contributed by atoms with E-state index in [1.165, 1.54) is 12.1 Å². The maximum Gasteiger partial charge on any atom is 0.178 e. The molecule has 20 heavy (non-hydrogen) atoms. The molecule has 1 heterocycles. The molecule has 0 aliphatic carbocycles. The van der Waals surface area contributed by atoms with E-state index >= 15 is 0 Å². The maximum absolute atomic E-state index is 13.0. The third kappa shape index (κ3) is 2.31. The first-order chi connectivity index (χ1) is 9.56. The molecule has 0 bridgehead atoms. The molecule has 3 aromatic rings. The smallest absolute Gasteiger partial charge is 0.178 e. The topological polar surface area (TPSA) is 20.7 Å². The number of halogens is 2. The molecule has 0 saturated carbocycles. The van der Waals surface area contributed by atoms with Gasteiger partial charge < -0.3 is 9.55 Å². The van der Waals surface area contributed by atoms with Crippen molar-refractivity contribution < 1.29 is 4.39 Å². The molecule has 1 unspecified atom stereocenters. The standard InChI is InChI=1S/C15H12BrFN2S/c1-9(10-2-5-12(17)6-3-10)19-14-7-4-11(16)8-13(14)18-15(19)20/h2-9H,1H3,(H,18,20). The zero-order valence-electron chi connectivity index (χ0n) is 10.7. The Morgan fingerprint density at radius 3 is 2.60 bits per heavy atom. The first kappa shape index (κ1) is 13.5. The molecule has 2 nitrogen and oxygen atoms in total. The van der Waals surface area contributed by atoms with Gasteiger partial charge in [0.1, 0.15) is 5.82 Å². The van der Waals surface area contributed by atoms with Gasteiger partial charge in [-0.2, -0.15) is 0 Å². The van der Waals surface area contributed by atoms with E-state index in [0.29, 0.717) is 4.77 Å². The number of fused-ring (bicyclic) bond motifs is 1. The summed E-state index contributed by atoms with van der Waals surface area (Å²) in [5.41, 5.74) is 3.04. The Morgan fingerprint density at radius 1 is 1.20 bits per heavy atom. The highest BCUT2D eigenvalue weighted by atomic mass is 79.9. The number of aromatic amines is 1. The van der Waals surface area contributed by atoms with E-state index in [0.717, 1.165) is 21.1 Å². The summed E-state index contributed by atoms with van der Waals surface area (Å²) in [5.74, 6) is -0.229. The number of aromatic nitrogens is 2. The van der Waals surface area contributed by atoms with Crippen LogP contribution in [0, 0.1) is 10.6 Å². The van der Waals surface area contributed by atoms with Crippen LogP contribution in [0.1, 0.15) is 18.5 Å². The number of H-pyrrole nitrogens is 1. The summed E-state index contributed by atoms with van der Waals surface area (Å²) in [5, 5.41) is 0. The summed E-state index contributed by atoms with van der Waals surface area (Å²) in [6.07, 6.45) is 0. The molecule has 0 amide bonds. The van der Waals surface area contributed by atoms with Gasteiger partial charge in [0.25, 0.3) is 0 Å². The van der Waals surface area contributed by atoms with Crippen molar-refractivity contribution in [1.29, 1.82) is 0 Å². The second-order valence-electron chi connectivity index (χ2n) is 4.69. The molecule has 0 aliphatic rings. The normalized spacial score (nSPS) is 12.8. The lowest BCUT2D eigenvalue weighted by atomic mass is 10.1. The Hall–Kier alpha value is -1.46. The first-order valence-electron chi connectivity index (χ1n) is 6.21. The van der Waals surface area contributed by atoms with Crippen molar-refractivity contribution in [2.24, 2.45) is 0 Å². The van der Waals surface area contributed by atoms with Crippen molar-refractivity contribution in [2.45, 2.75) is 13.0 Å². The highest BCUT2D eigenvalue weighted by Crippen LogP contribution is 2.26. The summed E-state index contributed by atoms with van der Waals surface area (Å²) in [6.45, 7) is 2.05. The number of hydrogen-bond donors (Lipinski definition) is 1. The van der Waals surface area contributed by atoms with E-state index in [-0.39, 0.29) is 11.9 Å². The minimum atomic E-state index is -0.229. The second kappa shape index (κ2) is 5.14. The van der Waals surface area contributed by atoms with E-state index in [1.807, 2.05) is 22.8 Å². The van der Waals surface area contributed by atoms with Gasteiger partial charge in [-0.25, -0.2) is 4.39 Å². The highest BCUT2D eigenvalue weighted by molar-refractivity contribution is 9.10. The third-order valence-corrected chi connectivity index (χ3v) is 4.21. The van der Waals surface area contributed by atoms with Crippen LogP contribution >= 0.6 is 28.1 Å². The van der Waals surface area contributed by atoms with Gasteiger partial charge in [0.15, 0.2) is 4.77 Å². The monoisotopic (exact) mass is 350 g/mol. The summed E-state index contributed by atoms with van der Waals surface area (Å²) < 4.78 is 16.7. The van der Waals surface area contributed by atoms with E-state index in [1.54, 1.807) is 12.1 Å². The van der Waals surface area contributed by atoms with Crippen molar-refractivity contribution in [3.05, 3.63) is 63.1 Å². The summed E-state index contributed by atoms with van der Waals surface area (Å²) in [7, 11) is 0. The second-order valence-corrected chi connectivity index (χ2v) is 5.99.